The molecule has 0 spiro atoms. The minimum absolute atomic E-state index is 0.0328. The second kappa shape index (κ2) is 6.01. The number of aliphatic hydroxyl groups is 1. The number of benzene rings is 1. The molecule has 1 N–H and O–H groups in total. The molecule has 7 heteroatoms. The van der Waals surface area contributed by atoms with Crippen LogP contribution in [-0.2, 0) is 5.41 Å². The lowest BCUT2D eigenvalue weighted by Crippen LogP contribution is -2.44. The Morgan fingerprint density at radius 2 is 1.96 bits per heavy atom. The summed E-state index contributed by atoms with van der Waals surface area (Å²) in [4.78, 5) is 12.3. The molecule has 1 aliphatic heterocycles. The largest absolute Gasteiger partial charge is 0.384 e. The molecule has 2 aromatic rings. The Morgan fingerprint density at radius 1 is 1.28 bits per heavy atom. The Labute approximate surface area is 155 Å². The minimum Gasteiger partial charge on any atom is -0.384 e. The summed E-state index contributed by atoms with van der Waals surface area (Å²) >= 11 is 12.0. The number of halogens is 3. The quantitative estimate of drug-likeness (QED) is 0.750. The molecule has 0 bridgehead atoms. The third-order valence-corrected chi connectivity index (χ3v) is 5.20. The zero-order chi connectivity index (χ0) is 18.6. The van der Waals surface area contributed by atoms with Gasteiger partial charge in [-0.2, -0.15) is 0 Å². The van der Waals surface area contributed by atoms with Crippen molar-refractivity contribution in [3.05, 3.63) is 40.0 Å². The van der Waals surface area contributed by atoms with Crippen LogP contribution in [0.15, 0.2) is 23.3 Å². The lowest BCUT2D eigenvalue weighted by molar-refractivity contribution is 0.122. The Balaban J connectivity index is 2.20. The van der Waals surface area contributed by atoms with Crippen LogP contribution in [0.25, 0.3) is 11.3 Å². The Hall–Kier alpha value is -1.56. The van der Waals surface area contributed by atoms with E-state index >= 15 is 0 Å². The van der Waals surface area contributed by atoms with Crippen LogP contribution >= 0.6 is 23.2 Å². The number of fused-ring (bicyclic) bond motifs is 1. The van der Waals surface area contributed by atoms with Crippen molar-refractivity contribution in [1.82, 2.24) is 9.97 Å². The highest BCUT2D eigenvalue weighted by Gasteiger charge is 2.44. The van der Waals surface area contributed by atoms with Gasteiger partial charge in [0.05, 0.1) is 22.6 Å². The van der Waals surface area contributed by atoms with Crippen LogP contribution in [-0.4, -0.2) is 26.4 Å². The summed E-state index contributed by atoms with van der Waals surface area (Å²) in [5, 5.41) is 11.0. The molecule has 2 heterocycles. The van der Waals surface area contributed by atoms with E-state index in [-0.39, 0.29) is 16.0 Å². The van der Waals surface area contributed by atoms with Crippen LogP contribution in [0.2, 0.25) is 10.3 Å². The van der Waals surface area contributed by atoms with E-state index in [0.29, 0.717) is 29.0 Å². The van der Waals surface area contributed by atoms with E-state index in [9.17, 15) is 9.50 Å². The van der Waals surface area contributed by atoms with Crippen LogP contribution in [0.4, 0.5) is 10.1 Å². The number of aromatic nitrogens is 2. The molecule has 1 atom stereocenters. The molecule has 0 saturated carbocycles. The summed E-state index contributed by atoms with van der Waals surface area (Å²) in [5.74, 6) is -0.492. The highest BCUT2D eigenvalue weighted by Crippen LogP contribution is 2.46. The maximum atomic E-state index is 14.8. The summed E-state index contributed by atoms with van der Waals surface area (Å²) in [6, 6.07) is 3.12. The first kappa shape index (κ1) is 18.2. The number of rotatable bonds is 3. The normalized spacial score (nSPS) is 17.8. The first-order chi connectivity index (χ1) is 11.6. The first-order valence-corrected chi connectivity index (χ1v) is 8.68. The Kier molecular flexibility index (Phi) is 4.38. The molecular formula is C18H18Cl2FN3O. The van der Waals surface area contributed by atoms with Crippen molar-refractivity contribution in [3.63, 3.8) is 0 Å². The number of hydrogen-bond donors (Lipinski definition) is 1. The molecule has 3 rings (SSSR count). The summed E-state index contributed by atoms with van der Waals surface area (Å²) in [7, 11) is 0. The van der Waals surface area contributed by atoms with Gasteiger partial charge in [-0.15, -0.1) is 0 Å². The van der Waals surface area contributed by atoms with Gasteiger partial charge in [0, 0.05) is 11.0 Å². The fraction of sp³-hybridized carbons (Fsp3) is 0.389. The molecule has 0 saturated heterocycles. The average Bonchev–Trinajstić information content (AvgIpc) is 2.82. The van der Waals surface area contributed by atoms with Crippen molar-refractivity contribution in [1.29, 1.82) is 0 Å². The maximum Gasteiger partial charge on any atom is 0.222 e. The van der Waals surface area contributed by atoms with Crippen molar-refractivity contribution >= 4 is 34.6 Å². The van der Waals surface area contributed by atoms with E-state index in [1.807, 2.05) is 20.8 Å². The van der Waals surface area contributed by atoms with Crippen molar-refractivity contribution in [3.8, 4) is 11.3 Å². The lowest BCUT2D eigenvalue weighted by Gasteiger charge is -2.32. The van der Waals surface area contributed by atoms with Crippen LogP contribution < -0.4 is 0 Å². The van der Waals surface area contributed by atoms with E-state index in [1.165, 1.54) is 12.3 Å². The Bertz CT molecular complexity index is 894. The summed E-state index contributed by atoms with van der Waals surface area (Å²) in [6.45, 7) is 7.39. The molecular weight excluding hydrogens is 364 g/mol. The number of nitrogens with zero attached hydrogens (tertiary/aromatic N) is 3. The van der Waals surface area contributed by atoms with Crippen LogP contribution in [0.3, 0.4) is 0 Å². The predicted molar refractivity (Wildman–Crippen MR) is 98.5 cm³/mol. The van der Waals surface area contributed by atoms with Crippen molar-refractivity contribution in [2.24, 2.45) is 4.99 Å². The zero-order valence-corrected chi connectivity index (χ0v) is 15.9. The fourth-order valence-corrected chi connectivity index (χ4v) is 3.55. The van der Waals surface area contributed by atoms with Gasteiger partial charge in [-0.05, 0) is 42.6 Å². The fourth-order valence-electron chi connectivity index (χ4n) is 3.21. The number of aliphatic imine (C=N–C) groups is 1. The van der Waals surface area contributed by atoms with E-state index < -0.39 is 16.8 Å². The third kappa shape index (κ3) is 2.94. The standard InChI is InChI=1S/C18H18Cl2FN3O/c1-5-18(4,25)15-17(2,3)10-6-9(7-12(21)14(10)23-15)13-11(19)8-22-16(20)24-13/h6-8,25H,5H2,1-4H3/t18-/m0/s1. The molecule has 0 fully saturated rings. The minimum atomic E-state index is -1.12. The van der Waals surface area contributed by atoms with Gasteiger partial charge in [0.25, 0.3) is 0 Å². The summed E-state index contributed by atoms with van der Waals surface area (Å²) in [5.41, 5.74) is 0.562. The van der Waals surface area contributed by atoms with Crippen molar-refractivity contribution < 1.29 is 9.50 Å². The molecule has 0 unspecified atom stereocenters. The van der Waals surface area contributed by atoms with Gasteiger partial charge >= 0.3 is 0 Å². The first-order valence-electron chi connectivity index (χ1n) is 7.92. The molecule has 0 amide bonds. The molecule has 4 nitrogen and oxygen atoms in total. The van der Waals surface area contributed by atoms with Gasteiger partial charge in [0.15, 0.2) is 0 Å². The van der Waals surface area contributed by atoms with Gasteiger partial charge in [-0.3, -0.25) is 4.99 Å². The average molecular weight is 382 g/mol. The lowest BCUT2D eigenvalue weighted by atomic mass is 9.74. The highest BCUT2D eigenvalue weighted by molar-refractivity contribution is 6.33. The predicted octanol–water partition coefficient (Wildman–Crippen LogP) is 5.11. The summed E-state index contributed by atoms with van der Waals surface area (Å²) < 4.78 is 14.8. The molecule has 132 valence electrons. The molecule has 25 heavy (non-hydrogen) atoms. The van der Waals surface area contributed by atoms with E-state index in [0.717, 1.165) is 0 Å². The second-order valence-corrected chi connectivity index (χ2v) is 7.65. The zero-order valence-electron chi connectivity index (χ0n) is 14.4. The SMILES string of the molecule is CC[C@](C)(O)C1=Nc2c(F)cc(-c3nc(Cl)ncc3Cl)cc2C1(C)C. The van der Waals surface area contributed by atoms with Gasteiger partial charge in [-0.1, -0.05) is 32.4 Å². The van der Waals surface area contributed by atoms with Gasteiger partial charge in [0.2, 0.25) is 5.28 Å². The monoisotopic (exact) mass is 381 g/mol. The molecule has 1 aliphatic rings. The second-order valence-electron chi connectivity index (χ2n) is 6.90. The van der Waals surface area contributed by atoms with Crippen molar-refractivity contribution in [2.75, 3.05) is 0 Å². The molecule has 1 aromatic carbocycles. The number of hydrogen-bond acceptors (Lipinski definition) is 4. The third-order valence-electron chi connectivity index (χ3n) is 4.74. The van der Waals surface area contributed by atoms with Crippen molar-refractivity contribution in [2.45, 2.75) is 45.1 Å². The van der Waals surface area contributed by atoms with Crippen LogP contribution in [0.1, 0.15) is 39.7 Å². The molecule has 0 radical (unpaired) electrons. The van der Waals surface area contributed by atoms with Gasteiger partial charge in [-0.25, -0.2) is 14.4 Å². The topological polar surface area (TPSA) is 58.4 Å². The highest BCUT2D eigenvalue weighted by atomic mass is 35.5. The van der Waals surface area contributed by atoms with E-state index in [1.54, 1.807) is 13.0 Å². The molecule has 1 aromatic heterocycles. The van der Waals surface area contributed by atoms with E-state index in [2.05, 4.69) is 15.0 Å². The van der Waals surface area contributed by atoms with Crippen LogP contribution in [0.5, 0.6) is 0 Å². The van der Waals surface area contributed by atoms with Crippen LogP contribution in [0, 0.1) is 5.82 Å². The maximum absolute atomic E-state index is 14.8. The van der Waals surface area contributed by atoms with E-state index in [4.69, 9.17) is 23.2 Å². The smallest absolute Gasteiger partial charge is 0.222 e. The van der Waals surface area contributed by atoms with Gasteiger partial charge < -0.3 is 5.11 Å². The van der Waals surface area contributed by atoms with Gasteiger partial charge in [0.1, 0.15) is 17.1 Å². The summed E-state index contributed by atoms with van der Waals surface area (Å²) in [6.07, 6.45) is 1.86. The molecule has 0 aliphatic carbocycles. The Morgan fingerprint density at radius 3 is 2.60 bits per heavy atom.